The highest BCUT2D eigenvalue weighted by molar-refractivity contribution is 4.84. The quantitative estimate of drug-likeness (QED) is 0.663. The van der Waals surface area contributed by atoms with Crippen LogP contribution in [0.15, 0.2) is 0 Å². The van der Waals surface area contributed by atoms with E-state index in [2.05, 4.69) is 12.2 Å². The van der Waals surface area contributed by atoms with Gasteiger partial charge in [-0.05, 0) is 31.2 Å². The summed E-state index contributed by atoms with van der Waals surface area (Å²) < 4.78 is 0. The average Bonchev–Trinajstić information content (AvgIpc) is 2.76. The van der Waals surface area contributed by atoms with Crippen molar-refractivity contribution < 1.29 is 0 Å². The van der Waals surface area contributed by atoms with E-state index in [0.717, 1.165) is 17.9 Å². The van der Waals surface area contributed by atoms with Crippen molar-refractivity contribution in [1.29, 1.82) is 0 Å². The molecule has 0 aliphatic heterocycles. The van der Waals surface area contributed by atoms with Gasteiger partial charge in [-0.15, -0.1) is 0 Å². The fourth-order valence-corrected chi connectivity index (χ4v) is 2.16. The van der Waals surface area contributed by atoms with E-state index < -0.39 is 0 Å². The van der Waals surface area contributed by atoms with Gasteiger partial charge in [-0.2, -0.15) is 0 Å². The molecule has 1 nitrogen and oxygen atoms in total. The van der Waals surface area contributed by atoms with Crippen molar-refractivity contribution in [3.05, 3.63) is 0 Å². The van der Waals surface area contributed by atoms with Crippen LogP contribution in [0.2, 0.25) is 0 Å². The van der Waals surface area contributed by atoms with Gasteiger partial charge in [0, 0.05) is 6.04 Å². The lowest BCUT2D eigenvalue weighted by Crippen LogP contribution is -2.32. The Morgan fingerprint density at radius 2 is 2.00 bits per heavy atom. The molecule has 2 fully saturated rings. The van der Waals surface area contributed by atoms with Gasteiger partial charge < -0.3 is 5.32 Å². The zero-order valence-corrected chi connectivity index (χ0v) is 8.18. The molecule has 0 radical (unpaired) electrons. The van der Waals surface area contributed by atoms with Crippen LogP contribution in [0.1, 0.15) is 45.4 Å². The second kappa shape index (κ2) is 3.78. The Hall–Kier alpha value is -0.0400. The minimum Gasteiger partial charge on any atom is -0.314 e. The molecule has 0 spiro atoms. The van der Waals surface area contributed by atoms with Crippen LogP contribution in [0.5, 0.6) is 0 Å². The molecule has 0 aromatic heterocycles. The van der Waals surface area contributed by atoms with Gasteiger partial charge in [0.15, 0.2) is 0 Å². The maximum Gasteiger partial charge on any atom is 0.00683 e. The Morgan fingerprint density at radius 3 is 2.42 bits per heavy atom. The Bertz CT molecular complexity index is 136. The number of hydrogen-bond acceptors (Lipinski definition) is 1. The summed E-state index contributed by atoms with van der Waals surface area (Å²) in [5, 5.41) is 3.66. The standard InChI is InChI=1S/C11H21N/c1-2-9(10-4-3-5-10)8-12-11-6-7-11/h9-12H,2-8H2,1H3. The summed E-state index contributed by atoms with van der Waals surface area (Å²) in [6.07, 6.45) is 8.74. The van der Waals surface area contributed by atoms with E-state index in [0.29, 0.717) is 0 Å². The van der Waals surface area contributed by atoms with Crippen LogP contribution in [0.4, 0.5) is 0 Å². The van der Waals surface area contributed by atoms with E-state index in [-0.39, 0.29) is 0 Å². The summed E-state index contributed by atoms with van der Waals surface area (Å²) in [5.74, 6) is 2.06. The Kier molecular flexibility index (Phi) is 2.69. The van der Waals surface area contributed by atoms with Crippen LogP contribution in [0.25, 0.3) is 0 Å². The minimum absolute atomic E-state index is 0.902. The lowest BCUT2D eigenvalue weighted by molar-refractivity contribution is 0.195. The molecule has 0 saturated heterocycles. The maximum atomic E-state index is 3.66. The molecule has 70 valence electrons. The first-order valence-corrected chi connectivity index (χ1v) is 5.63. The molecule has 2 saturated carbocycles. The molecular weight excluding hydrogens is 146 g/mol. The van der Waals surface area contributed by atoms with Crippen molar-refractivity contribution in [2.45, 2.75) is 51.5 Å². The topological polar surface area (TPSA) is 12.0 Å². The molecule has 1 atom stereocenters. The summed E-state index contributed by atoms with van der Waals surface area (Å²) >= 11 is 0. The van der Waals surface area contributed by atoms with Crippen molar-refractivity contribution >= 4 is 0 Å². The Labute approximate surface area is 75.9 Å². The molecule has 1 N–H and O–H groups in total. The molecule has 0 heterocycles. The molecule has 0 aromatic rings. The molecule has 0 aromatic carbocycles. The van der Waals surface area contributed by atoms with E-state index in [1.165, 1.54) is 45.1 Å². The van der Waals surface area contributed by atoms with Crippen molar-refractivity contribution in [1.82, 2.24) is 5.32 Å². The number of rotatable bonds is 5. The smallest absolute Gasteiger partial charge is 0.00683 e. The van der Waals surface area contributed by atoms with Crippen LogP contribution >= 0.6 is 0 Å². The summed E-state index contributed by atoms with van der Waals surface area (Å²) in [5.41, 5.74) is 0. The first-order valence-electron chi connectivity index (χ1n) is 5.63. The fourth-order valence-electron chi connectivity index (χ4n) is 2.16. The average molecular weight is 167 g/mol. The lowest BCUT2D eigenvalue weighted by atomic mass is 9.75. The largest absolute Gasteiger partial charge is 0.314 e. The predicted octanol–water partition coefficient (Wildman–Crippen LogP) is 2.56. The second-order valence-electron chi connectivity index (χ2n) is 4.54. The molecule has 2 aliphatic carbocycles. The third-order valence-corrected chi connectivity index (χ3v) is 3.59. The van der Waals surface area contributed by atoms with Crippen molar-refractivity contribution in [2.75, 3.05) is 6.54 Å². The van der Waals surface area contributed by atoms with Gasteiger partial charge in [0.25, 0.3) is 0 Å². The van der Waals surface area contributed by atoms with E-state index >= 15 is 0 Å². The molecule has 2 rings (SSSR count). The van der Waals surface area contributed by atoms with E-state index in [1.807, 2.05) is 0 Å². The summed E-state index contributed by atoms with van der Waals surface area (Å²) in [7, 11) is 0. The summed E-state index contributed by atoms with van der Waals surface area (Å²) in [4.78, 5) is 0. The Balaban J connectivity index is 1.65. The third kappa shape index (κ3) is 2.01. The van der Waals surface area contributed by atoms with E-state index in [9.17, 15) is 0 Å². The van der Waals surface area contributed by atoms with Gasteiger partial charge in [-0.1, -0.05) is 32.6 Å². The van der Waals surface area contributed by atoms with Gasteiger partial charge in [0.1, 0.15) is 0 Å². The number of hydrogen-bond donors (Lipinski definition) is 1. The highest BCUT2D eigenvalue weighted by atomic mass is 14.9. The molecular formula is C11H21N. The van der Waals surface area contributed by atoms with Gasteiger partial charge in [0.05, 0.1) is 0 Å². The van der Waals surface area contributed by atoms with Crippen LogP contribution in [-0.2, 0) is 0 Å². The third-order valence-electron chi connectivity index (χ3n) is 3.59. The molecule has 2 aliphatic rings. The number of nitrogens with one attached hydrogen (secondary N) is 1. The summed E-state index contributed by atoms with van der Waals surface area (Å²) in [6.45, 7) is 3.64. The second-order valence-corrected chi connectivity index (χ2v) is 4.54. The summed E-state index contributed by atoms with van der Waals surface area (Å²) in [6, 6.07) is 0.902. The maximum absolute atomic E-state index is 3.66. The van der Waals surface area contributed by atoms with Crippen LogP contribution in [0.3, 0.4) is 0 Å². The molecule has 1 heteroatoms. The lowest BCUT2D eigenvalue weighted by Gasteiger charge is -2.33. The molecule has 12 heavy (non-hydrogen) atoms. The highest BCUT2D eigenvalue weighted by Crippen LogP contribution is 2.35. The first-order chi connectivity index (χ1) is 5.90. The zero-order chi connectivity index (χ0) is 8.39. The molecule has 0 bridgehead atoms. The predicted molar refractivity (Wildman–Crippen MR) is 52.1 cm³/mol. The normalized spacial score (nSPS) is 26.8. The minimum atomic E-state index is 0.902. The van der Waals surface area contributed by atoms with Crippen LogP contribution in [-0.4, -0.2) is 12.6 Å². The van der Waals surface area contributed by atoms with Crippen LogP contribution in [0, 0.1) is 11.8 Å². The van der Waals surface area contributed by atoms with Crippen molar-refractivity contribution in [3.63, 3.8) is 0 Å². The van der Waals surface area contributed by atoms with Gasteiger partial charge in [-0.3, -0.25) is 0 Å². The van der Waals surface area contributed by atoms with Gasteiger partial charge in [-0.25, -0.2) is 0 Å². The van der Waals surface area contributed by atoms with Gasteiger partial charge >= 0.3 is 0 Å². The van der Waals surface area contributed by atoms with Crippen LogP contribution < -0.4 is 5.32 Å². The first kappa shape index (κ1) is 8.55. The zero-order valence-electron chi connectivity index (χ0n) is 8.18. The van der Waals surface area contributed by atoms with E-state index in [1.54, 1.807) is 0 Å². The molecule has 0 amide bonds. The van der Waals surface area contributed by atoms with Crippen molar-refractivity contribution in [3.8, 4) is 0 Å². The SMILES string of the molecule is CCC(CNC1CC1)C1CCC1. The van der Waals surface area contributed by atoms with Crippen molar-refractivity contribution in [2.24, 2.45) is 11.8 Å². The van der Waals surface area contributed by atoms with Gasteiger partial charge in [0.2, 0.25) is 0 Å². The molecule has 1 unspecified atom stereocenters. The Morgan fingerprint density at radius 1 is 1.25 bits per heavy atom. The van der Waals surface area contributed by atoms with E-state index in [4.69, 9.17) is 0 Å². The monoisotopic (exact) mass is 167 g/mol. The highest BCUT2D eigenvalue weighted by Gasteiger charge is 2.28. The fraction of sp³-hybridized carbons (Fsp3) is 1.00.